The van der Waals surface area contributed by atoms with Crippen LogP contribution in [0.3, 0.4) is 0 Å². The Bertz CT molecular complexity index is 2570. The molecular formula is C42H30N8O2Ti. The van der Waals surface area contributed by atoms with E-state index in [1.54, 1.807) is 6.07 Å². The van der Waals surface area contributed by atoms with Gasteiger partial charge in [0.1, 0.15) is 0 Å². The number of rotatable bonds is 0. The van der Waals surface area contributed by atoms with E-state index < -0.39 is 0 Å². The molecule has 10 rings (SSSR count). The van der Waals surface area contributed by atoms with Gasteiger partial charge in [0.2, 0.25) is 0 Å². The molecule has 0 saturated heterocycles. The molecular weight excluding hydrogens is 696 g/mol. The fraction of sp³-hybridized carbons (Fsp3) is 0.0952. The Balaban J connectivity index is 0.000000266. The van der Waals surface area contributed by atoms with Gasteiger partial charge in [0.05, 0.1) is 23.3 Å². The smallest absolute Gasteiger partial charge is 0.504 e. The number of phenols is 2. The van der Waals surface area contributed by atoms with Crippen molar-refractivity contribution >= 4 is 44.1 Å². The third kappa shape index (κ3) is 6.01. The summed E-state index contributed by atoms with van der Waals surface area (Å²) in [6, 6.07) is 36.7. The van der Waals surface area contributed by atoms with Crippen LogP contribution < -0.4 is 9.97 Å². The molecule has 254 valence electrons. The second-order valence-electron chi connectivity index (χ2n) is 13.6. The monoisotopic (exact) mass is 726 g/mol. The summed E-state index contributed by atoms with van der Waals surface area (Å²) in [5, 5.41) is 21.8. The Morgan fingerprint density at radius 1 is 0.415 bits per heavy atom. The summed E-state index contributed by atoms with van der Waals surface area (Å²) in [6.45, 7) is 6.16. The SMILES string of the molecule is CC(C)(C)c1ccc(O)c(O)c1.[Ti+2].c1ccc2c(c1)-c1nc-2nc2[n-]c(nc3nc(nc4[n-]c(n1)c1ccccc41)-c1ccccc1-3)c1ccccc21. The van der Waals surface area contributed by atoms with Crippen LogP contribution in [0.1, 0.15) is 26.3 Å². The molecule has 2 aliphatic heterocycles. The first-order valence-electron chi connectivity index (χ1n) is 16.8. The molecule has 2 N–H and O–H groups in total. The number of phenolic OH excluding ortho intramolecular Hbond substituents is 2. The van der Waals surface area contributed by atoms with Crippen molar-refractivity contribution in [3.05, 3.63) is 121 Å². The molecule has 0 unspecified atom stereocenters. The van der Waals surface area contributed by atoms with Gasteiger partial charge in [-0.2, -0.15) is 0 Å². The fourth-order valence-corrected chi connectivity index (χ4v) is 6.45. The van der Waals surface area contributed by atoms with Crippen molar-refractivity contribution in [3.8, 4) is 57.1 Å². The Hall–Kier alpha value is -6.23. The molecule has 0 spiro atoms. The van der Waals surface area contributed by atoms with Gasteiger partial charge in [-0.05, 0) is 44.7 Å². The molecule has 0 radical (unpaired) electrons. The molecule has 0 fully saturated rings. The van der Waals surface area contributed by atoms with Crippen LogP contribution in [0, 0.1) is 0 Å². The fourth-order valence-electron chi connectivity index (χ4n) is 6.45. The van der Waals surface area contributed by atoms with Gasteiger partial charge in [-0.1, -0.05) is 124 Å². The van der Waals surface area contributed by atoms with Gasteiger partial charge < -0.3 is 40.1 Å². The summed E-state index contributed by atoms with van der Waals surface area (Å²) < 4.78 is 0. The molecule has 11 heteroatoms. The van der Waals surface area contributed by atoms with E-state index in [1.807, 2.05) is 103 Å². The van der Waals surface area contributed by atoms with Crippen LogP contribution in [-0.2, 0) is 27.1 Å². The second-order valence-corrected chi connectivity index (χ2v) is 13.6. The molecule has 2 aliphatic rings. The standard InChI is InChI=1S/C32H16N8.C10H14O2.Ti/c1-2-10-18-17(9-1)25-33-26(18)38-28-21-13-5-6-14-22(21)30(35-28)40-32-24-16-8-7-15-23(24)31(36-32)39-29-20-12-4-3-11-19(20)27(34-29)37-25;1-10(2,3)7-4-5-8(11)9(12)6-7;/h1-16H;4-6,11-12H,1-3H3;/q-2;;+2. The van der Waals surface area contributed by atoms with E-state index >= 15 is 0 Å². The maximum absolute atomic E-state index is 9.21. The van der Waals surface area contributed by atoms with Crippen LogP contribution in [0.25, 0.3) is 89.7 Å². The molecule has 0 saturated carbocycles. The quantitative estimate of drug-likeness (QED) is 0.115. The van der Waals surface area contributed by atoms with Crippen LogP contribution >= 0.6 is 0 Å². The number of benzene rings is 5. The Labute approximate surface area is 318 Å². The molecule has 0 aliphatic carbocycles. The molecule has 53 heavy (non-hydrogen) atoms. The Kier molecular flexibility index (Phi) is 8.36. The zero-order chi connectivity index (χ0) is 35.6. The molecule has 0 amide bonds. The molecule has 10 nitrogen and oxygen atoms in total. The zero-order valence-electron chi connectivity index (χ0n) is 28.9. The van der Waals surface area contributed by atoms with E-state index in [0.29, 0.717) is 45.9 Å². The first-order valence-corrected chi connectivity index (χ1v) is 16.8. The molecule has 5 aromatic carbocycles. The number of aromatic hydroxyl groups is 2. The van der Waals surface area contributed by atoms with Crippen molar-refractivity contribution < 1.29 is 31.9 Å². The van der Waals surface area contributed by atoms with Gasteiger partial charge in [0.25, 0.3) is 0 Å². The maximum atomic E-state index is 9.21. The first kappa shape index (κ1) is 33.9. The van der Waals surface area contributed by atoms with Gasteiger partial charge in [0.15, 0.2) is 11.5 Å². The van der Waals surface area contributed by atoms with Gasteiger partial charge >= 0.3 is 21.7 Å². The molecule has 0 atom stereocenters. The summed E-state index contributed by atoms with van der Waals surface area (Å²) in [7, 11) is 0. The normalized spacial score (nSPS) is 11.7. The van der Waals surface area contributed by atoms with Crippen molar-refractivity contribution in [2.45, 2.75) is 26.2 Å². The predicted octanol–water partition coefficient (Wildman–Crippen LogP) is 8.52. The molecule has 8 aromatic rings. The van der Waals surface area contributed by atoms with Crippen LogP contribution in [-0.4, -0.2) is 40.1 Å². The van der Waals surface area contributed by atoms with Crippen molar-refractivity contribution in [2.75, 3.05) is 0 Å². The van der Waals surface area contributed by atoms with Gasteiger partial charge in [-0.15, -0.1) is 0 Å². The molecule has 3 aromatic heterocycles. The topological polar surface area (TPSA) is 146 Å². The van der Waals surface area contributed by atoms with Crippen molar-refractivity contribution in [1.29, 1.82) is 0 Å². The summed E-state index contributed by atoms with van der Waals surface area (Å²) in [4.78, 5) is 39.3. The minimum absolute atomic E-state index is 0. The summed E-state index contributed by atoms with van der Waals surface area (Å²) in [5.41, 5.74) is 6.80. The Morgan fingerprint density at radius 3 is 1.04 bits per heavy atom. The van der Waals surface area contributed by atoms with Gasteiger partial charge in [-0.25, -0.2) is 9.97 Å². The summed E-state index contributed by atoms with van der Waals surface area (Å²) in [6.07, 6.45) is 0. The molecule has 5 heterocycles. The Morgan fingerprint density at radius 2 is 0.736 bits per heavy atom. The number of nitrogens with zero attached hydrogens (tertiary/aromatic N) is 8. The van der Waals surface area contributed by atoms with Crippen LogP contribution in [0.4, 0.5) is 0 Å². The minimum atomic E-state index is -0.0667. The number of fused-ring (bicyclic) bond motifs is 20. The van der Waals surface area contributed by atoms with E-state index in [0.717, 1.165) is 49.4 Å². The van der Waals surface area contributed by atoms with Crippen LogP contribution in [0.15, 0.2) is 115 Å². The van der Waals surface area contributed by atoms with Crippen molar-refractivity contribution in [2.24, 2.45) is 0 Å². The summed E-state index contributed by atoms with van der Waals surface area (Å²) >= 11 is 0. The predicted molar refractivity (Wildman–Crippen MR) is 202 cm³/mol. The zero-order valence-corrected chi connectivity index (χ0v) is 30.5. The maximum Gasteiger partial charge on any atom is 2.00 e. The van der Waals surface area contributed by atoms with Crippen LogP contribution in [0.2, 0.25) is 0 Å². The average molecular weight is 727 g/mol. The average Bonchev–Trinajstić information content (AvgIpc) is 3.88. The third-order valence-electron chi connectivity index (χ3n) is 9.17. The summed E-state index contributed by atoms with van der Waals surface area (Å²) in [5.74, 6) is 2.09. The molecule has 8 bridgehead atoms. The van der Waals surface area contributed by atoms with Gasteiger partial charge in [0, 0.05) is 44.8 Å². The van der Waals surface area contributed by atoms with Gasteiger partial charge in [-0.3, -0.25) is 0 Å². The largest absolute Gasteiger partial charge is 2.00 e. The second kappa shape index (κ2) is 13.1. The van der Waals surface area contributed by atoms with Crippen LogP contribution in [0.5, 0.6) is 11.5 Å². The first-order chi connectivity index (χ1) is 25.2. The van der Waals surface area contributed by atoms with E-state index in [9.17, 15) is 5.11 Å². The van der Waals surface area contributed by atoms with E-state index in [-0.39, 0.29) is 38.6 Å². The number of hydrogen-bond acceptors (Lipinski definition) is 8. The van der Waals surface area contributed by atoms with E-state index in [2.05, 4.69) is 20.8 Å². The number of aromatic nitrogens is 8. The minimum Gasteiger partial charge on any atom is -0.504 e. The third-order valence-corrected chi connectivity index (χ3v) is 9.17. The van der Waals surface area contributed by atoms with E-state index in [1.165, 1.54) is 6.07 Å². The van der Waals surface area contributed by atoms with E-state index in [4.69, 9.17) is 45.0 Å². The van der Waals surface area contributed by atoms with Crippen molar-refractivity contribution in [1.82, 2.24) is 39.9 Å². The van der Waals surface area contributed by atoms with Crippen molar-refractivity contribution in [3.63, 3.8) is 0 Å². The number of hydrogen-bond donors (Lipinski definition) is 2.